The predicted octanol–water partition coefficient (Wildman–Crippen LogP) is 3.97. The molecule has 0 radical (unpaired) electrons. The molecule has 0 unspecified atom stereocenters. The predicted molar refractivity (Wildman–Crippen MR) is 72.0 cm³/mol. The van der Waals surface area contributed by atoms with Gasteiger partial charge in [-0.15, -0.1) is 0 Å². The Balaban J connectivity index is 2.25. The fraction of sp³-hybridized carbons (Fsp3) is 0.429. The topological polar surface area (TPSA) is 12.0 Å². The Morgan fingerprint density at radius 3 is 2.82 bits per heavy atom. The van der Waals surface area contributed by atoms with Crippen molar-refractivity contribution in [3.8, 4) is 0 Å². The van der Waals surface area contributed by atoms with Gasteiger partial charge in [0.2, 0.25) is 0 Å². The normalized spacial score (nSPS) is 11.2. The summed E-state index contributed by atoms with van der Waals surface area (Å²) < 4.78 is 12.9. The van der Waals surface area contributed by atoms with Gasteiger partial charge in [0.15, 0.2) is 0 Å². The van der Waals surface area contributed by atoms with Crippen LogP contribution < -0.4 is 5.32 Å². The standard InChI is InChI=1S/C14H19ClFN/c1-2-9-17-10-5-3-4-6-12-7-8-14(16)13(15)11-12/h3-4,7-8,11,17H,2,5-6,9-10H2,1H3/b4-3+. The Morgan fingerprint density at radius 1 is 1.29 bits per heavy atom. The van der Waals surface area contributed by atoms with Crippen molar-refractivity contribution in [3.63, 3.8) is 0 Å². The minimum Gasteiger partial charge on any atom is -0.316 e. The summed E-state index contributed by atoms with van der Waals surface area (Å²) in [5, 5.41) is 3.52. The van der Waals surface area contributed by atoms with Gasteiger partial charge in [0.1, 0.15) is 5.82 Å². The van der Waals surface area contributed by atoms with E-state index in [1.165, 1.54) is 6.07 Å². The number of hydrogen-bond acceptors (Lipinski definition) is 1. The SMILES string of the molecule is CCCNCC/C=C/Cc1ccc(F)c(Cl)c1. The summed E-state index contributed by atoms with van der Waals surface area (Å²) >= 11 is 5.70. The highest BCUT2D eigenvalue weighted by molar-refractivity contribution is 6.30. The Hall–Kier alpha value is -0.860. The lowest BCUT2D eigenvalue weighted by Crippen LogP contribution is -2.14. The van der Waals surface area contributed by atoms with Crippen LogP contribution in [-0.2, 0) is 6.42 Å². The van der Waals surface area contributed by atoms with Gasteiger partial charge in [-0.1, -0.05) is 36.7 Å². The molecule has 94 valence electrons. The summed E-state index contributed by atoms with van der Waals surface area (Å²) in [5.41, 5.74) is 1.04. The van der Waals surface area contributed by atoms with E-state index in [1.807, 2.05) is 0 Å². The molecular weight excluding hydrogens is 237 g/mol. The Kier molecular flexibility index (Phi) is 6.90. The van der Waals surface area contributed by atoms with Crippen molar-refractivity contribution in [1.29, 1.82) is 0 Å². The third-order valence-corrected chi connectivity index (χ3v) is 2.71. The van der Waals surface area contributed by atoms with Crippen molar-refractivity contribution in [2.45, 2.75) is 26.2 Å². The summed E-state index contributed by atoms with van der Waals surface area (Å²) in [6.07, 6.45) is 7.22. The van der Waals surface area contributed by atoms with Crippen LogP contribution in [0.25, 0.3) is 0 Å². The second kappa shape index (κ2) is 8.26. The van der Waals surface area contributed by atoms with Crippen molar-refractivity contribution in [2.24, 2.45) is 0 Å². The molecule has 0 amide bonds. The lowest BCUT2D eigenvalue weighted by molar-refractivity contribution is 0.627. The molecule has 0 heterocycles. The molecule has 1 nitrogen and oxygen atoms in total. The number of rotatable bonds is 7. The molecule has 0 aromatic heterocycles. The van der Waals surface area contributed by atoms with Crippen molar-refractivity contribution >= 4 is 11.6 Å². The van der Waals surface area contributed by atoms with E-state index in [2.05, 4.69) is 24.4 Å². The molecule has 0 aliphatic rings. The molecule has 1 aromatic rings. The monoisotopic (exact) mass is 255 g/mol. The summed E-state index contributed by atoms with van der Waals surface area (Å²) in [4.78, 5) is 0. The van der Waals surface area contributed by atoms with Crippen LogP contribution in [0.2, 0.25) is 5.02 Å². The lowest BCUT2D eigenvalue weighted by atomic mass is 10.1. The zero-order valence-electron chi connectivity index (χ0n) is 10.2. The van der Waals surface area contributed by atoms with Gasteiger partial charge in [0.05, 0.1) is 5.02 Å². The molecule has 0 atom stereocenters. The van der Waals surface area contributed by atoms with Crippen molar-refractivity contribution in [3.05, 3.63) is 46.8 Å². The van der Waals surface area contributed by atoms with Crippen molar-refractivity contribution in [2.75, 3.05) is 13.1 Å². The maximum absolute atomic E-state index is 12.9. The van der Waals surface area contributed by atoms with Gasteiger partial charge >= 0.3 is 0 Å². The Labute approximate surface area is 108 Å². The minimum atomic E-state index is -0.358. The van der Waals surface area contributed by atoms with E-state index in [4.69, 9.17) is 11.6 Å². The molecule has 0 spiro atoms. The lowest BCUT2D eigenvalue weighted by Gasteiger charge is -2.00. The highest BCUT2D eigenvalue weighted by atomic mass is 35.5. The second-order valence-corrected chi connectivity index (χ2v) is 4.37. The fourth-order valence-corrected chi connectivity index (χ4v) is 1.69. The number of benzene rings is 1. The van der Waals surface area contributed by atoms with Gasteiger partial charge in [0, 0.05) is 0 Å². The largest absolute Gasteiger partial charge is 0.316 e. The van der Waals surface area contributed by atoms with Crippen LogP contribution in [0.3, 0.4) is 0 Å². The smallest absolute Gasteiger partial charge is 0.141 e. The third kappa shape index (κ3) is 5.85. The van der Waals surface area contributed by atoms with Gasteiger partial charge in [-0.3, -0.25) is 0 Å². The molecule has 1 N–H and O–H groups in total. The average molecular weight is 256 g/mol. The van der Waals surface area contributed by atoms with Gasteiger partial charge in [-0.25, -0.2) is 4.39 Å². The quantitative estimate of drug-likeness (QED) is 0.574. The Morgan fingerprint density at radius 2 is 2.12 bits per heavy atom. The molecular formula is C14H19ClFN. The molecule has 0 saturated carbocycles. The first-order chi connectivity index (χ1) is 8.24. The van der Waals surface area contributed by atoms with E-state index < -0.39 is 0 Å². The highest BCUT2D eigenvalue weighted by Gasteiger charge is 1.98. The number of halogens is 2. The molecule has 0 saturated heterocycles. The molecule has 0 bridgehead atoms. The van der Waals surface area contributed by atoms with E-state index in [1.54, 1.807) is 12.1 Å². The summed E-state index contributed by atoms with van der Waals surface area (Å²) in [6.45, 7) is 4.23. The van der Waals surface area contributed by atoms with Crippen LogP contribution in [0.1, 0.15) is 25.3 Å². The van der Waals surface area contributed by atoms with Crippen LogP contribution in [-0.4, -0.2) is 13.1 Å². The van der Waals surface area contributed by atoms with E-state index >= 15 is 0 Å². The van der Waals surface area contributed by atoms with Gasteiger partial charge in [0.25, 0.3) is 0 Å². The number of nitrogens with one attached hydrogen (secondary N) is 1. The first-order valence-corrected chi connectivity index (χ1v) is 6.41. The van der Waals surface area contributed by atoms with E-state index in [0.717, 1.165) is 37.9 Å². The molecule has 0 aliphatic heterocycles. The number of allylic oxidation sites excluding steroid dienone is 1. The Bertz CT molecular complexity index is 363. The summed E-state index contributed by atoms with van der Waals surface area (Å²) in [7, 11) is 0. The maximum Gasteiger partial charge on any atom is 0.141 e. The molecule has 0 fully saturated rings. The average Bonchev–Trinajstić information content (AvgIpc) is 2.32. The summed E-state index contributed by atoms with van der Waals surface area (Å²) in [6, 6.07) is 4.85. The molecule has 1 aromatic carbocycles. The highest BCUT2D eigenvalue weighted by Crippen LogP contribution is 2.16. The maximum atomic E-state index is 12.9. The summed E-state index contributed by atoms with van der Waals surface area (Å²) in [5.74, 6) is -0.358. The molecule has 17 heavy (non-hydrogen) atoms. The van der Waals surface area contributed by atoms with Crippen LogP contribution in [0.5, 0.6) is 0 Å². The van der Waals surface area contributed by atoms with E-state index in [9.17, 15) is 4.39 Å². The zero-order valence-corrected chi connectivity index (χ0v) is 10.9. The zero-order chi connectivity index (χ0) is 12.5. The van der Waals surface area contributed by atoms with Crippen molar-refractivity contribution in [1.82, 2.24) is 5.32 Å². The number of hydrogen-bond donors (Lipinski definition) is 1. The van der Waals surface area contributed by atoms with E-state index in [-0.39, 0.29) is 10.8 Å². The minimum absolute atomic E-state index is 0.195. The molecule has 0 aliphatic carbocycles. The first kappa shape index (κ1) is 14.2. The van der Waals surface area contributed by atoms with Gasteiger partial charge in [-0.2, -0.15) is 0 Å². The van der Waals surface area contributed by atoms with Gasteiger partial charge in [-0.05, 0) is 50.0 Å². The van der Waals surface area contributed by atoms with Crippen LogP contribution >= 0.6 is 11.6 Å². The first-order valence-electron chi connectivity index (χ1n) is 6.03. The van der Waals surface area contributed by atoms with Crippen LogP contribution in [0.15, 0.2) is 30.4 Å². The fourth-order valence-electron chi connectivity index (χ4n) is 1.49. The van der Waals surface area contributed by atoms with Crippen molar-refractivity contribution < 1.29 is 4.39 Å². The van der Waals surface area contributed by atoms with E-state index in [0.29, 0.717) is 0 Å². The van der Waals surface area contributed by atoms with Crippen LogP contribution in [0, 0.1) is 5.82 Å². The van der Waals surface area contributed by atoms with Crippen LogP contribution in [0.4, 0.5) is 4.39 Å². The van der Waals surface area contributed by atoms with Gasteiger partial charge < -0.3 is 5.32 Å². The molecule has 3 heteroatoms. The third-order valence-electron chi connectivity index (χ3n) is 2.42. The molecule has 1 rings (SSSR count). The second-order valence-electron chi connectivity index (χ2n) is 3.96.